The van der Waals surface area contributed by atoms with Crippen molar-refractivity contribution in [3.8, 4) is 0 Å². The molecule has 0 aromatic carbocycles. The van der Waals surface area contributed by atoms with Crippen LogP contribution in [-0.2, 0) is 0 Å². The van der Waals surface area contributed by atoms with Gasteiger partial charge in [0.25, 0.3) is 0 Å². The van der Waals surface area contributed by atoms with Crippen LogP contribution in [0.4, 0.5) is 0 Å². The van der Waals surface area contributed by atoms with Crippen molar-refractivity contribution in [1.82, 2.24) is 19.9 Å². The van der Waals surface area contributed by atoms with E-state index in [1.54, 1.807) is 0 Å². The first-order chi connectivity index (χ1) is 8.22. The van der Waals surface area contributed by atoms with Crippen molar-refractivity contribution in [3.63, 3.8) is 0 Å². The number of hydrogen-bond acceptors (Lipinski definition) is 3. The molecule has 0 amide bonds. The zero-order chi connectivity index (χ0) is 11.8. The SMILES string of the molecule is Cc1nc2ncc(C3CCN(C)CC3)cc2[nH]1. The number of piperidine rings is 1. The van der Waals surface area contributed by atoms with Gasteiger partial charge in [0.15, 0.2) is 5.65 Å². The average molecular weight is 230 g/mol. The average Bonchev–Trinajstić information content (AvgIpc) is 2.69. The van der Waals surface area contributed by atoms with Crippen LogP contribution in [0.3, 0.4) is 0 Å². The predicted molar refractivity (Wildman–Crippen MR) is 68.1 cm³/mol. The zero-order valence-electron chi connectivity index (χ0n) is 10.4. The molecule has 17 heavy (non-hydrogen) atoms. The highest BCUT2D eigenvalue weighted by Gasteiger charge is 2.19. The molecule has 1 saturated heterocycles. The molecule has 2 aromatic rings. The molecule has 0 atom stereocenters. The Balaban J connectivity index is 1.89. The maximum atomic E-state index is 4.44. The predicted octanol–water partition coefficient (Wildman–Crippen LogP) is 2.08. The first-order valence-electron chi connectivity index (χ1n) is 6.23. The number of hydrogen-bond donors (Lipinski definition) is 1. The molecule has 0 aliphatic carbocycles. The molecule has 3 rings (SSSR count). The molecule has 0 unspecified atom stereocenters. The highest BCUT2D eigenvalue weighted by atomic mass is 15.1. The lowest BCUT2D eigenvalue weighted by Gasteiger charge is -2.28. The van der Waals surface area contributed by atoms with Crippen LogP contribution in [0.25, 0.3) is 11.2 Å². The van der Waals surface area contributed by atoms with Crippen LogP contribution < -0.4 is 0 Å². The summed E-state index contributed by atoms with van der Waals surface area (Å²) in [6.45, 7) is 4.34. The van der Waals surface area contributed by atoms with E-state index < -0.39 is 0 Å². The van der Waals surface area contributed by atoms with Crippen LogP contribution in [0, 0.1) is 6.92 Å². The summed E-state index contributed by atoms with van der Waals surface area (Å²) in [5.74, 6) is 1.60. The van der Waals surface area contributed by atoms with E-state index in [0.29, 0.717) is 5.92 Å². The number of likely N-dealkylation sites (tertiary alicyclic amines) is 1. The van der Waals surface area contributed by atoms with Crippen LogP contribution in [-0.4, -0.2) is 40.0 Å². The van der Waals surface area contributed by atoms with Gasteiger partial charge < -0.3 is 9.88 Å². The number of nitrogens with one attached hydrogen (secondary N) is 1. The van der Waals surface area contributed by atoms with Crippen molar-refractivity contribution in [2.45, 2.75) is 25.7 Å². The largest absolute Gasteiger partial charge is 0.341 e. The second kappa shape index (κ2) is 4.11. The fraction of sp³-hybridized carbons (Fsp3) is 0.538. The molecular formula is C13H18N4. The molecule has 3 heterocycles. The summed E-state index contributed by atoms with van der Waals surface area (Å²) >= 11 is 0. The number of nitrogens with zero attached hydrogens (tertiary/aromatic N) is 3. The topological polar surface area (TPSA) is 44.8 Å². The van der Waals surface area contributed by atoms with Crippen LogP contribution in [0.15, 0.2) is 12.3 Å². The number of fused-ring (bicyclic) bond motifs is 1. The summed E-state index contributed by atoms with van der Waals surface area (Å²) in [5.41, 5.74) is 3.26. The summed E-state index contributed by atoms with van der Waals surface area (Å²) in [7, 11) is 2.19. The van der Waals surface area contributed by atoms with E-state index >= 15 is 0 Å². The third-order valence-corrected chi connectivity index (χ3v) is 3.67. The minimum Gasteiger partial charge on any atom is -0.341 e. The lowest BCUT2D eigenvalue weighted by molar-refractivity contribution is 0.255. The van der Waals surface area contributed by atoms with E-state index in [0.717, 1.165) is 17.0 Å². The molecule has 1 aliphatic heterocycles. The van der Waals surface area contributed by atoms with Gasteiger partial charge in [-0.2, -0.15) is 0 Å². The van der Waals surface area contributed by atoms with Crippen LogP contribution in [0.5, 0.6) is 0 Å². The monoisotopic (exact) mass is 230 g/mol. The summed E-state index contributed by atoms with van der Waals surface area (Å²) in [6.07, 6.45) is 4.46. The van der Waals surface area contributed by atoms with Crippen molar-refractivity contribution in [2.75, 3.05) is 20.1 Å². The molecule has 2 aromatic heterocycles. The number of rotatable bonds is 1. The van der Waals surface area contributed by atoms with Crippen molar-refractivity contribution >= 4 is 11.2 Å². The van der Waals surface area contributed by atoms with Gasteiger partial charge in [0.05, 0.1) is 5.52 Å². The lowest BCUT2D eigenvalue weighted by atomic mass is 9.91. The Morgan fingerprint density at radius 1 is 1.35 bits per heavy atom. The minimum atomic E-state index is 0.659. The van der Waals surface area contributed by atoms with Crippen LogP contribution >= 0.6 is 0 Å². The van der Waals surface area contributed by atoms with E-state index in [-0.39, 0.29) is 0 Å². The highest BCUT2D eigenvalue weighted by Crippen LogP contribution is 2.28. The van der Waals surface area contributed by atoms with Crippen molar-refractivity contribution in [3.05, 3.63) is 23.7 Å². The maximum absolute atomic E-state index is 4.44. The Bertz CT molecular complexity index is 523. The van der Waals surface area contributed by atoms with Crippen LogP contribution in [0.2, 0.25) is 0 Å². The minimum absolute atomic E-state index is 0.659. The normalized spacial score (nSPS) is 18.9. The summed E-state index contributed by atoms with van der Waals surface area (Å²) in [5, 5.41) is 0. The summed E-state index contributed by atoms with van der Waals surface area (Å²) in [4.78, 5) is 14.4. The van der Waals surface area contributed by atoms with Gasteiger partial charge in [0.1, 0.15) is 5.82 Å². The number of aryl methyl sites for hydroxylation is 1. The van der Waals surface area contributed by atoms with Gasteiger partial charge in [-0.15, -0.1) is 0 Å². The van der Waals surface area contributed by atoms with E-state index in [4.69, 9.17) is 0 Å². The van der Waals surface area contributed by atoms with E-state index in [1.165, 1.54) is 31.5 Å². The van der Waals surface area contributed by atoms with Crippen molar-refractivity contribution < 1.29 is 0 Å². The van der Waals surface area contributed by atoms with Gasteiger partial charge in [-0.3, -0.25) is 0 Å². The summed E-state index contributed by atoms with van der Waals surface area (Å²) < 4.78 is 0. The lowest BCUT2D eigenvalue weighted by Crippen LogP contribution is -2.29. The molecule has 4 heteroatoms. The maximum Gasteiger partial charge on any atom is 0.177 e. The Kier molecular flexibility index (Phi) is 2.59. The molecule has 0 bridgehead atoms. The Morgan fingerprint density at radius 3 is 2.88 bits per heavy atom. The Labute approximate surface area is 101 Å². The Hall–Kier alpha value is -1.42. The fourth-order valence-electron chi connectivity index (χ4n) is 2.60. The second-order valence-electron chi connectivity index (χ2n) is 5.04. The molecule has 0 saturated carbocycles. The third kappa shape index (κ3) is 2.05. The number of pyridine rings is 1. The number of H-pyrrole nitrogens is 1. The Morgan fingerprint density at radius 2 is 2.12 bits per heavy atom. The number of aromatic nitrogens is 3. The third-order valence-electron chi connectivity index (χ3n) is 3.67. The van der Waals surface area contributed by atoms with E-state index in [9.17, 15) is 0 Å². The standard InChI is InChI=1S/C13H18N4/c1-9-15-12-7-11(8-14-13(12)16-9)10-3-5-17(2)6-4-10/h7-8,10H,3-6H2,1-2H3,(H,14,15,16). The molecule has 0 radical (unpaired) electrons. The van der Waals surface area contributed by atoms with Crippen molar-refractivity contribution in [1.29, 1.82) is 0 Å². The first-order valence-corrected chi connectivity index (χ1v) is 6.23. The summed E-state index contributed by atoms with van der Waals surface area (Å²) in [6, 6.07) is 2.22. The second-order valence-corrected chi connectivity index (χ2v) is 5.04. The zero-order valence-corrected chi connectivity index (χ0v) is 10.4. The van der Waals surface area contributed by atoms with Gasteiger partial charge in [-0.05, 0) is 57.5 Å². The molecule has 1 aliphatic rings. The number of aromatic amines is 1. The highest BCUT2D eigenvalue weighted by molar-refractivity contribution is 5.71. The van der Waals surface area contributed by atoms with Gasteiger partial charge in [-0.25, -0.2) is 9.97 Å². The molecule has 1 fully saturated rings. The van der Waals surface area contributed by atoms with E-state index in [2.05, 4.69) is 33.0 Å². The van der Waals surface area contributed by atoms with Gasteiger partial charge in [0.2, 0.25) is 0 Å². The van der Waals surface area contributed by atoms with Gasteiger partial charge in [-0.1, -0.05) is 0 Å². The quantitative estimate of drug-likeness (QED) is 0.815. The van der Waals surface area contributed by atoms with Gasteiger partial charge >= 0.3 is 0 Å². The smallest absolute Gasteiger partial charge is 0.177 e. The number of imidazole rings is 1. The van der Waals surface area contributed by atoms with Crippen molar-refractivity contribution in [2.24, 2.45) is 0 Å². The van der Waals surface area contributed by atoms with E-state index in [1.807, 2.05) is 13.1 Å². The fourth-order valence-corrected chi connectivity index (χ4v) is 2.60. The molecular weight excluding hydrogens is 212 g/mol. The molecule has 4 nitrogen and oxygen atoms in total. The van der Waals surface area contributed by atoms with Crippen LogP contribution in [0.1, 0.15) is 30.1 Å². The van der Waals surface area contributed by atoms with Gasteiger partial charge in [0, 0.05) is 6.20 Å². The molecule has 90 valence electrons. The first kappa shape index (κ1) is 10.7. The molecule has 0 spiro atoms. The molecule has 1 N–H and O–H groups in total.